The Morgan fingerprint density at radius 3 is 2.33 bits per heavy atom. The van der Waals surface area contributed by atoms with Crippen LogP contribution in [0.2, 0.25) is 0 Å². The molecule has 0 radical (unpaired) electrons. The predicted molar refractivity (Wildman–Crippen MR) is 135 cm³/mol. The van der Waals surface area contributed by atoms with E-state index in [-0.39, 0.29) is 29.5 Å². The molecule has 1 aromatic heterocycles. The minimum Gasteiger partial charge on any atom is -0.342 e. The Bertz CT molecular complexity index is 1120. The van der Waals surface area contributed by atoms with E-state index in [4.69, 9.17) is 0 Å². The monoisotopic (exact) mass is 529 g/mol. The molecular weight excluding hydrogens is 502 g/mol. The maximum Gasteiger partial charge on any atom is 0.251 e. The lowest BCUT2D eigenvalue weighted by Crippen LogP contribution is -2.33. The largest absolute Gasteiger partial charge is 0.342 e. The van der Waals surface area contributed by atoms with Crippen LogP contribution in [0.4, 0.5) is 5.69 Å². The van der Waals surface area contributed by atoms with Gasteiger partial charge in [0.2, 0.25) is 5.91 Å². The molecule has 3 rings (SSSR count). The summed E-state index contributed by atoms with van der Waals surface area (Å²) in [4.78, 5) is 25.3. The predicted octanol–water partition coefficient (Wildman–Crippen LogP) is 5.05. The van der Waals surface area contributed by atoms with Crippen LogP contribution < -0.4 is 10.6 Å². The minimum atomic E-state index is -0.313. The molecule has 1 heterocycles. The van der Waals surface area contributed by atoms with Gasteiger partial charge in [0.15, 0.2) is 11.0 Å². The highest BCUT2D eigenvalue weighted by molar-refractivity contribution is 9.10. The number of benzene rings is 2. The number of halogens is 1. The molecule has 1 atom stereocenters. The Labute approximate surface area is 206 Å². The molecule has 2 amide bonds. The minimum absolute atomic E-state index is 0.102. The number of aryl methyl sites for hydroxylation is 2. The topological polar surface area (TPSA) is 88.9 Å². The number of carbonyl (C=O) groups excluding carboxylic acids is 2. The summed E-state index contributed by atoms with van der Waals surface area (Å²) in [5.41, 5.74) is 3.41. The number of carbonyl (C=O) groups is 2. The Morgan fingerprint density at radius 2 is 1.73 bits per heavy atom. The Balaban J connectivity index is 1.68. The molecule has 3 aromatic rings. The third-order valence-corrected chi connectivity index (χ3v) is 6.71. The lowest BCUT2D eigenvalue weighted by molar-refractivity contribution is -0.113. The molecule has 0 aliphatic heterocycles. The van der Waals surface area contributed by atoms with E-state index in [9.17, 15) is 9.59 Å². The Hall–Kier alpha value is -2.65. The van der Waals surface area contributed by atoms with Gasteiger partial charge in [-0.3, -0.25) is 9.59 Å². The molecule has 7 nitrogen and oxygen atoms in total. The van der Waals surface area contributed by atoms with Gasteiger partial charge in [0.25, 0.3) is 5.91 Å². The van der Waals surface area contributed by atoms with Crippen LogP contribution in [0.3, 0.4) is 0 Å². The van der Waals surface area contributed by atoms with Gasteiger partial charge in [-0.05, 0) is 55.2 Å². The number of nitrogens with one attached hydrogen (secondary N) is 2. The Kier molecular flexibility index (Phi) is 8.31. The summed E-state index contributed by atoms with van der Waals surface area (Å²) in [7, 11) is 1.85. The normalized spacial score (nSPS) is 12.0. The highest BCUT2D eigenvalue weighted by atomic mass is 79.9. The van der Waals surface area contributed by atoms with E-state index in [2.05, 4.69) is 36.8 Å². The summed E-state index contributed by atoms with van der Waals surface area (Å²) in [6.07, 6.45) is 0. The fraction of sp³-hybridized carbons (Fsp3) is 0.333. The number of rotatable bonds is 8. The molecular formula is C24H28BrN5O2S. The van der Waals surface area contributed by atoms with Gasteiger partial charge in [-0.25, -0.2) is 0 Å². The average molecular weight is 530 g/mol. The van der Waals surface area contributed by atoms with Crippen molar-refractivity contribution in [1.29, 1.82) is 0 Å². The van der Waals surface area contributed by atoms with Crippen molar-refractivity contribution >= 4 is 45.2 Å². The van der Waals surface area contributed by atoms with Crippen molar-refractivity contribution in [3.05, 3.63) is 69.5 Å². The molecule has 2 aromatic carbocycles. The van der Waals surface area contributed by atoms with Crippen LogP contribution in [0, 0.1) is 19.8 Å². The summed E-state index contributed by atoms with van der Waals surface area (Å²) in [5.74, 6) is 0.674. The van der Waals surface area contributed by atoms with Gasteiger partial charge in [-0.1, -0.05) is 59.7 Å². The second kappa shape index (κ2) is 11.0. The van der Waals surface area contributed by atoms with E-state index in [1.807, 2.05) is 69.6 Å². The van der Waals surface area contributed by atoms with Gasteiger partial charge in [-0.15, -0.1) is 10.2 Å². The van der Waals surface area contributed by atoms with Crippen molar-refractivity contribution < 1.29 is 9.59 Å². The zero-order valence-electron chi connectivity index (χ0n) is 19.3. The second-order valence-electron chi connectivity index (χ2n) is 8.21. The number of hydrogen-bond donors (Lipinski definition) is 2. The zero-order valence-corrected chi connectivity index (χ0v) is 21.8. The Morgan fingerprint density at radius 1 is 1.09 bits per heavy atom. The van der Waals surface area contributed by atoms with Gasteiger partial charge in [0.1, 0.15) is 0 Å². The van der Waals surface area contributed by atoms with E-state index in [0.29, 0.717) is 16.5 Å². The fourth-order valence-corrected chi connectivity index (χ4v) is 4.88. The van der Waals surface area contributed by atoms with Gasteiger partial charge >= 0.3 is 0 Å². The molecule has 0 unspecified atom stereocenters. The smallest absolute Gasteiger partial charge is 0.251 e. The van der Waals surface area contributed by atoms with Crippen LogP contribution >= 0.6 is 27.7 Å². The lowest BCUT2D eigenvalue weighted by Gasteiger charge is -2.21. The highest BCUT2D eigenvalue weighted by Gasteiger charge is 2.25. The fourth-order valence-electron chi connectivity index (χ4n) is 3.48. The molecule has 0 bridgehead atoms. The van der Waals surface area contributed by atoms with Crippen molar-refractivity contribution in [3.8, 4) is 0 Å². The molecule has 0 aliphatic rings. The first kappa shape index (κ1) is 25.0. The average Bonchev–Trinajstić information content (AvgIpc) is 3.13. The van der Waals surface area contributed by atoms with E-state index in [1.54, 1.807) is 12.1 Å². The molecule has 174 valence electrons. The van der Waals surface area contributed by atoms with Crippen molar-refractivity contribution in [2.24, 2.45) is 13.0 Å². The number of aromatic nitrogens is 3. The zero-order chi connectivity index (χ0) is 24.1. The van der Waals surface area contributed by atoms with Crippen molar-refractivity contribution in [2.45, 2.75) is 38.9 Å². The first-order valence-electron chi connectivity index (χ1n) is 10.6. The van der Waals surface area contributed by atoms with Gasteiger partial charge in [0, 0.05) is 22.8 Å². The number of thioether (sulfide) groups is 1. The first-order chi connectivity index (χ1) is 15.7. The first-order valence-corrected chi connectivity index (χ1v) is 12.4. The molecule has 33 heavy (non-hydrogen) atoms. The quantitative estimate of drug-likeness (QED) is 0.398. The summed E-state index contributed by atoms with van der Waals surface area (Å²) in [6.45, 7) is 7.97. The van der Waals surface area contributed by atoms with Gasteiger partial charge in [-0.2, -0.15) is 0 Å². The number of hydrogen-bond acceptors (Lipinski definition) is 5. The number of amides is 2. The van der Waals surface area contributed by atoms with E-state index < -0.39 is 0 Å². The number of nitrogens with zero attached hydrogens (tertiary/aromatic N) is 3. The maximum absolute atomic E-state index is 12.7. The maximum atomic E-state index is 12.7. The molecule has 2 N–H and O–H groups in total. The van der Waals surface area contributed by atoms with Crippen molar-refractivity contribution in [1.82, 2.24) is 20.1 Å². The van der Waals surface area contributed by atoms with Crippen molar-refractivity contribution in [2.75, 3.05) is 11.1 Å². The summed E-state index contributed by atoms with van der Waals surface area (Å²) in [5, 5.41) is 15.3. The third kappa shape index (κ3) is 6.23. The van der Waals surface area contributed by atoms with E-state index >= 15 is 0 Å². The summed E-state index contributed by atoms with van der Waals surface area (Å²) >= 11 is 4.78. The molecule has 0 saturated carbocycles. The van der Waals surface area contributed by atoms with Crippen LogP contribution in [-0.4, -0.2) is 32.3 Å². The van der Waals surface area contributed by atoms with Gasteiger partial charge < -0.3 is 15.2 Å². The molecule has 0 saturated heterocycles. The molecule has 0 spiro atoms. The van der Waals surface area contributed by atoms with E-state index in [1.165, 1.54) is 11.8 Å². The van der Waals surface area contributed by atoms with Crippen LogP contribution in [-0.2, 0) is 11.8 Å². The number of anilines is 1. The van der Waals surface area contributed by atoms with Crippen LogP contribution in [0.5, 0.6) is 0 Å². The summed E-state index contributed by atoms with van der Waals surface area (Å²) < 4.78 is 2.82. The highest BCUT2D eigenvalue weighted by Crippen LogP contribution is 2.27. The molecule has 9 heteroatoms. The third-order valence-electron chi connectivity index (χ3n) is 5.23. The van der Waals surface area contributed by atoms with E-state index in [0.717, 1.165) is 21.3 Å². The van der Waals surface area contributed by atoms with Crippen LogP contribution in [0.25, 0.3) is 0 Å². The molecule has 0 aliphatic carbocycles. The SMILES string of the molecule is Cc1cc(Br)cc(C)c1NC(=O)CSc1nnc([C@@H](NC(=O)c2ccccc2)C(C)C)n1C. The standard InChI is InChI=1S/C24H28BrN5O2S/c1-14(2)20(27-23(32)17-9-7-6-8-10-17)22-28-29-24(30(22)5)33-13-19(31)26-21-15(3)11-18(25)12-16(21)4/h6-12,14,20H,13H2,1-5H3,(H,26,31)(H,27,32)/t20-/m0/s1. The molecule has 0 fully saturated rings. The van der Waals surface area contributed by atoms with Crippen LogP contribution in [0.1, 0.15) is 47.2 Å². The van der Waals surface area contributed by atoms with Gasteiger partial charge in [0.05, 0.1) is 11.8 Å². The lowest BCUT2D eigenvalue weighted by atomic mass is 10.0. The van der Waals surface area contributed by atoms with Crippen LogP contribution in [0.15, 0.2) is 52.1 Å². The van der Waals surface area contributed by atoms with Crippen molar-refractivity contribution in [3.63, 3.8) is 0 Å². The second-order valence-corrected chi connectivity index (χ2v) is 10.1. The summed E-state index contributed by atoms with van der Waals surface area (Å²) in [6, 6.07) is 12.7.